The summed E-state index contributed by atoms with van der Waals surface area (Å²) < 4.78 is 8.28. The van der Waals surface area contributed by atoms with Gasteiger partial charge in [0.05, 0.1) is 24.4 Å². The van der Waals surface area contributed by atoms with Gasteiger partial charge in [-0.15, -0.1) is 0 Å². The molecule has 3 heterocycles. The quantitative estimate of drug-likeness (QED) is 0.826. The molecule has 2 aromatic heterocycles. The minimum Gasteiger partial charge on any atom is -0.383 e. The van der Waals surface area contributed by atoms with Crippen molar-refractivity contribution < 1.29 is 9.53 Å². The van der Waals surface area contributed by atoms with Crippen LogP contribution in [0.25, 0.3) is 0 Å². The predicted octanol–water partition coefficient (Wildman–Crippen LogP) is 1.21. The second-order valence-electron chi connectivity index (χ2n) is 6.05. The van der Waals surface area contributed by atoms with Crippen molar-refractivity contribution in [3.05, 3.63) is 52.2 Å². The van der Waals surface area contributed by atoms with Crippen molar-refractivity contribution in [1.82, 2.24) is 19.2 Å². The topological polar surface area (TPSA) is 69.4 Å². The number of methoxy groups -OCH3 is 1. The number of likely N-dealkylation sites (tertiary alicyclic amines) is 1. The van der Waals surface area contributed by atoms with Crippen LogP contribution in [0.3, 0.4) is 0 Å². The maximum Gasteiger partial charge on any atom is 0.255 e. The highest BCUT2D eigenvalue weighted by atomic mass is 16.5. The lowest BCUT2D eigenvalue weighted by Crippen LogP contribution is -2.32. The van der Waals surface area contributed by atoms with Gasteiger partial charge >= 0.3 is 0 Å². The van der Waals surface area contributed by atoms with E-state index in [1.807, 2.05) is 24.3 Å². The second kappa shape index (κ2) is 7.00. The van der Waals surface area contributed by atoms with Crippen LogP contribution in [0.4, 0.5) is 0 Å². The maximum atomic E-state index is 12.9. The third-order valence-corrected chi connectivity index (χ3v) is 4.39. The number of aromatic nitrogens is 3. The second-order valence-corrected chi connectivity index (χ2v) is 6.05. The largest absolute Gasteiger partial charge is 0.383 e. The molecule has 3 rings (SSSR count). The van der Waals surface area contributed by atoms with E-state index in [0.29, 0.717) is 18.7 Å². The van der Waals surface area contributed by atoms with E-state index < -0.39 is 0 Å². The Hall–Kier alpha value is -2.41. The standard InChI is InChI=1S/C17H22N4O3/c1-19-11-14(10-18-19)15-4-3-7-21(15)17(23)13-5-6-16(22)20(12-13)8-9-24-2/h5-6,10-12,15H,3-4,7-9H2,1-2H3/t15-/m0/s1. The summed E-state index contributed by atoms with van der Waals surface area (Å²) in [5, 5.41) is 4.21. The summed E-state index contributed by atoms with van der Waals surface area (Å²) in [4.78, 5) is 26.7. The van der Waals surface area contributed by atoms with Gasteiger partial charge < -0.3 is 14.2 Å². The summed E-state index contributed by atoms with van der Waals surface area (Å²) in [6.07, 6.45) is 7.29. The van der Waals surface area contributed by atoms with Crippen molar-refractivity contribution in [1.29, 1.82) is 0 Å². The minimum absolute atomic E-state index is 0.0468. The summed E-state index contributed by atoms with van der Waals surface area (Å²) in [5.41, 5.74) is 1.45. The summed E-state index contributed by atoms with van der Waals surface area (Å²) in [5.74, 6) is -0.0486. The molecule has 1 aliphatic rings. The predicted molar refractivity (Wildman–Crippen MR) is 88.8 cm³/mol. The molecule has 7 heteroatoms. The fourth-order valence-electron chi connectivity index (χ4n) is 3.16. The van der Waals surface area contributed by atoms with E-state index in [1.54, 1.807) is 24.1 Å². The average molecular weight is 330 g/mol. The fourth-order valence-corrected chi connectivity index (χ4v) is 3.16. The Morgan fingerprint density at radius 3 is 2.92 bits per heavy atom. The number of carbonyl (C=O) groups is 1. The molecule has 24 heavy (non-hydrogen) atoms. The molecule has 0 bridgehead atoms. The Labute approximate surface area is 140 Å². The molecule has 2 aromatic rings. The molecule has 7 nitrogen and oxygen atoms in total. The highest BCUT2D eigenvalue weighted by molar-refractivity contribution is 5.94. The van der Waals surface area contributed by atoms with Crippen molar-refractivity contribution in [2.75, 3.05) is 20.3 Å². The number of ether oxygens (including phenoxy) is 1. The minimum atomic E-state index is -0.131. The lowest BCUT2D eigenvalue weighted by Gasteiger charge is -2.24. The molecule has 1 atom stereocenters. The molecule has 1 fully saturated rings. The molecule has 0 aliphatic carbocycles. The smallest absolute Gasteiger partial charge is 0.255 e. The van der Waals surface area contributed by atoms with Crippen LogP contribution < -0.4 is 5.56 Å². The number of amides is 1. The van der Waals surface area contributed by atoms with Gasteiger partial charge in [-0.1, -0.05) is 0 Å². The molecule has 0 radical (unpaired) electrons. The Bertz CT molecular complexity index is 780. The zero-order valence-electron chi connectivity index (χ0n) is 14.0. The molecule has 0 unspecified atom stereocenters. The first kappa shape index (κ1) is 16.4. The summed E-state index contributed by atoms with van der Waals surface area (Å²) >= 11 is 0. The number of hydrogen-bond acceptors (Lipinski definition) is 4. The molecule has 0 aromatic carbocycles. The van der Waals surface area contributed by atoms with Gasteiger partial charge in [0.1, 0.15) is 0 Å². The molecule has 1 saturated heterocycles. The summed E-state index contributed by atoms with van der Waals surface area (Å²) in [6, 6.07) is 3.09. The van der Waals surface area contributed by atoms with E-state index in [2.05, 4.69) is 5.10 Å². The lowest BCUT2D eigenvalue weighted by molar-refractivity contribution is 0.0734. The molecule has 1 aliphatic heterocycles. The normalized spacial score (nSPS) is 17.4. The molecule has 0 N–H and O–H groups in total. The highest BCUT2D eigenvalue weighted by Gasteiger charge is 2.31. The maximum absolute atomic E-state index is 12.9. The number of aryl methyl sites for hydroxylation is 1. The van der Waals surface area contributed by atoms with Gasteiger partial charge in [-0.3, -0.25) is 14.3 Å². The zero-order chi connectivity index (χ0) is 17.1. The molecule has 128 valence electrons. The highest BCUT2D eigenvalue weighted by Crippen LogP contribution is 2.32. The van der Waals surface area contributed by atoms with Gasteiger partial charge in [0, 0.05) is 51.3 Å². The number of nitrogens with zero attached hydrogens (tertiary/aromatic N) is 4. The summed E-state index contributed by atoms with van der Waals surface area (Å²) in [6.45, 7) is 1.58. The molecular formula is C17H22N4O3. The Kier molecular flexibility index (Phi) is 4.80. The summed E-state index contributed by atoms with van der Waals surface area (Å²) in [7, 11) is 3.46. The van der Waals surface area contributed by atoms with E-state index in [9.17, 15) is 9.59 Å². The van der Waals surface area contributed by atoms with Gasteiger partial charge in [-0.25, -0.2) is 0 Å². The van der Waals surface area contributed by atoms with E-state index in [0.717, 1.165) is 24.9 Å². The van der Waals surface area contributed by atoms with Crippen LogP contribution in [0, 0.1) is 0 Å². The molecule has 0 saturated carbocycles. The van der Waals surface area contributed by atoms with Gasteiger partial charge in [-0.05, 0) is 18.9 Å². The Morgan fingerprint density at radius 2 is 2.21 bits per heavy atom. The van der Waals surface area contributed by atoms with Crippen molar-refractivity contribution in [2.24, 2.45) is 7.05 Å². The van der Waals surface area contributed by atoms with Crippen LogP contribution in [-0.2, 0) is 18.3 Å². The van der Waals surface area contributed by atoms with Gasteiger partial charge in [0.25, 0.3) is 11.5 Å². The van der Waals surface area contributed by atoms with E-state index in [1.165, 1.54) is 10.6 Å². The number of hydrogen-bond donors (Lipinski definition) is 0. The third-order valence-electron chi connectivity index (χ3n) is 4.39. The zero-order valence-corrected chi connectivity index (χ0v) is 14.0. The molecule has 1 amide bonds. The number of rotatable bonds is 5. The van der Waals surface area contributed by atoms with Crippen LogP contribution >= 0.6 is 0 Å². The van der Waals surface area contributed by atoms with Gasteiger partial charge in [0.2, 0.25) is 0 Å². The number of carbonyl (C=O) groups excluding carboxylic acids is 1. The first-order valence-corrected chi connectivity index (χ1v) is 8.09. The van der Waals surface area contributed by atoms with Crippen molar-refractivity contribution >= 4 is 5.91 Å². The SMILES string of the molecule is COCCn1cc(C(=O)N2CCC[C@H]2c2cnn(C)c2)ccc1=O. The lowest BCUT2D eigenvalue weighted by atomic mass is 10.1. The van der Waals surface area contributed by atoms with Crippen LogP contribution in [0.1, 0.15) is 34.8 Å². The monoisotopic (exact) mass is 330 g/mol. The third kappa shape index (κ3) is 3.26. The molecule has 0 spiro atoms. The van der Waals surface area contributed by atoms with E-state index in [4.69, 9.17) is 4.74 Å². The Morgan fingerprint density at radius 1 is 1.38 bits per heavy atom. The van der Waals surface area contributed by atoms with E-state index >= 15 is 0 Å². The van der Waals surface area contributed by atoms with Crippen molar-refractivity contribution in [3.63, 3.8) is 0 Å². The average Bonchev–Trinajstić information content (AvgIpc) is 3.22. The van der Waals surface area contributed by atoms with Crippen LogP contribution in [-0.4, -0.2) is 45.4 Å². The van der Waals surface area contributed by atoms with Crippen LogP contribution in [0.5, 0.6) is 0 Å². The fraction of sp³-hybridized carbons (Fsp3) is 0.471. The first-order chi connectivity index (χ1) is 11.6. The van der Waals surface area contributed by atoms with Crippen LogP contribution in [0.15, 0.2) is 35.5 Å². The Balaban J connectivity index is 1.84. The van der Waals surface area contributed by atoms with Crippen molar-refractivity contribution in [3.8, 4) is 0 Å². The first-order valence-electron chi connectivity index (χ1n) is 8.09. The van der Waals surface area contributed by atoms with E-state index in [-0.39, 0.29) is 17.5 Å². The van der Waals surface area contributed by atoms with Gasteiger partial charge in [-0.2, -0.15) is 5.10 Å². The molecular weight excluding hydrogens is 308 g/mol. The van der Waals surface area contributed by atoms with Crippen LogP contribution in [0.2, 0.25) is 0 Å². The number of pyridine rings is 1. The van der Waals surface area contributed by atoms with Crippen molar-refractivity contribution in [2.45, 2.75) is 25.4 Å². The van der Waals surface area contributed by atoms with Gasteiger partial charge in [0.15, 0.2) is 0 Å².